The van der Waals surface area contributed by atoms with Crippen LogP contribution < -0.4 is 15.0 Å². The summed E-state index contributed by atoms with van der Waals surface area (Å²) >= 11 is 0. The van der Waals surface area contributed by atoms with E-state index < -0.39 is 0 Å². The number of rotatable bonds is 6. The van der Waals surface area contributed by atoms with Crippen LogP contribution in [-0.2, 0) is 4.79 Å². The number of aromatic nitrogens is 2. The Labute approximate surface area is 164 Å². The molecule has 6 heteroatoms. The van der Waals surface area contributed by atoms with Crippen molar-refractivity contribution >= 4 is 22.6 Å². The average molecular weight is 376 g/mol. The van der Waals surface area contributed by atoms with Gasteiger partial charge in [0.25, 0.3) is 5.91 Å². The van der Waals surface area contributed by atoms with E-state index in [2.05, 4.69) is 26.3 Å². The Hall–Kier alpha value is -3.15. The number of hydrogen-bond donors (Lipinski definition) is 1. The number of fused-ring (bicyclic) bond motifs is 1. The molecule has 3 aromatic rings. The van der Waals surface area contributed by atoms with Crippen molar-refractivity contribution in [2.24, 2.45) is 5.92 Å². The van der Waals surface area contributed by atoms with Gasteiger partial charge in [-0.25, -0.2) is 9.97 Å². The first-order valence-corrected chi connectivity index (χ1v) is 9.68. The molecule has 1 aliphatic heterocycles. The number of ether oxygens (including phenoxy) is 1. The standard InChI is InChI=1S/C22H24N4O2/c27-21(16-28-20-7-6-18-4-1-2-5-19(18)14-20)25-15-17-8-12-26(13-9-17)22-23-10-3-11-24-22/h1-7,10-11,14,17H,8-9,12-13,15-16H2,(H,25,27). The van der Waals surface area contributed by atoms with Crippen LogP contribution in [0.15, 0.2) is 60.9 Å². The summed E-state index contributed by atoms with van der Waals surface area (Å²) in [6.45, 7) is 2.55. The number of nitrogens with one attached hydrogen (secondary N) is 1. The summed E-state index contributed by atoms with van der Waals surface area (Å²) in [6, 6.07) is 15.8. The summed E-state index contributed by atoms with van der Waals surface area (Å²) in [5.41, 5.74) is 0. The van der Waals surface area contributed by atoms with Gasteiger partial charge in [-0.05, 0) is 47.7 Å². The molecule has 1 amide bonds. The zero-order valence-corrected chi connectivity index (χ0v) is 15.8. The van der Waals surface area contributed by atoms with Gasteiger partial charge >= 0.3 is 0 Å². The fraction of sp³-hybridized carbons (Fsp3) is 0.318. The quantitative estimate of drug-likeness (QED) is 0.716. The maximum atomic E-state index is 12.1. The van der Waals surface area contributed by atoms with Crippen LogP contribution in [0.5, 0.6) is 5.75 Å². The molecule has 1 aliphatic rings. The highest BCUT2D eigenvalue weighted by atomic mass is 16.5. The molecule has 2 aromatic carbocycles. The SMILES string of the molecule is O=C(COc1ccc2ccccc2c1)NCC1CCN(c2ncccn2)CC1. The van der Waals surface area contributed by atoms with Gasteiger partial charge < -0.3 is 15.0 Å². The molecule has 1 N–H and O–H groups in total. The summed E-state index contributed by atoms with van der Waals surface area (Å²) < 4.78 is 5.65. The van der Waals surface area contributed by atoms with Gasteiger partial charge in [-0.1, -0.05) is 30.3 Å². The predicted molar refractivity (Wildman–Crippen MR) is 109 cm³/mol. The third-order valence-corrected chi connectivity index (χ3v) is 5.13. The number of anilines is 1. The zero-order chi connectivity index (χ0) is 19.2. The molecule has 1 fully saturated rings. The minimum atomic E-state index is -0.0815. The van der Waals surface area contributed by atoms with Crippen molar-refractivity contribution in [1.29, 1.82) is 0 Å². The first-order chi connectivity index (χ1) is 13.8. The Bertz CT molecular complexity index is 924. The lowest BCUT2D eigenvalue weighted by Gasteiger charge is -2.31. The van der Waals surface area contributed by atoms with Crippen molar-refractivity contribution in [3.63, 3.8) is 0 Å². The predicted octanol–water partition coefficient (Wildman–Crippen LogP) is 3.04. The number of hydrogen-bond acceptors (Lipinski definition) is 5. The molecule has 0 atom stereocenters. The molecule has 0 radical (unpaired) electrons. The van der Waals surface area contributed by atoms with Gasteiger partial charge in [0, 0.05) is 32.0 Å². The van der Waals surface area contributed by atoms with Crippen LogP contribution in [0.4, 0.5) is 5.95 Å². The lowest BCUT2D eigenvalue weighted by molar-refractivity contribution is -0.123. The van der Waals surface area contributed by atoms with Gasteiger partial charge in [-0.3, -0.25) is 4.79 Å². The van der Waals surface area contributed by atoms with Crippen LogP contribution in [0.3, 0.4) is 0 Å². The van der Waals surface area contributed by atoms with Crippen LogP contribution in [-0.4, -0.2) is 42.1 Å². The molecule has 0 bridgehead atoms. The van der Waals surface area contributed by atoms with Crippen LogP contribution >= 0.6 is 0 Å². The zero-order valence-electron chi connectivity index (χ0n) is 15.8. The normalized spacial score (nSPS) is 14.8. The molecular formula is C22H24N4O2. The minimum Gasteiger partial charge on any atom is -0.484 e. The van der Waals surface area contributed by atoms with Crippen molar-refractivity contribution in [3.8, 4) is 5.75 Å². The van der Waals surface area contributed by atoms with E-state index >= 15 is 0 Å². The largest absolute Gasteiger partial charge is 0.484 e. The maximum Gasteiger partial charge on any atom is 0.257 e. The topological polar surface area (TPSA) is 67.3 Å². The number of piperidine rings is 1. The molecule has 1 aromatic heterocycles. The monoisotopic (exact) mass is 376 g/mol. The summed E-state index contributed by atoms with van der Waals surface area (Å²) in [4.78, 5) is 22.9. The van der Waals surface area contributed by atoms with E-state index in [9.17, 15) is 4.79 Å². The van der Waals surface area contributed by atoms with Crippen molar-refractivity contribution in [3.05, 3.63) is 60.9 Å². The molecule has 28 heavy (non-hydrogen) atoms. The Morgan fingerprint density at radius 2 is 1.79 bits per heavy atom. The molecule has 0 aliphatic carbocycles. The third kappa shape index (κ3) is 4.57. The molecule has 4 rings (SSSR count). The van der Waals surface area contributed by atoms with Crippen LogP contribution in [0, 0.1) is 5.92 Å². The van der Waals surface area contributed by atoms with Crippen LogP contribution in [0.1, 0.15) is 12.8 Å². The van der Waals surface area contributed by atoms with E-state index in [0.29, 0.717) is 18.2 Å². The molecule has 0 saturated carbocycles. The van der Waals surface area contributed by atoms with Gasteiger partial charge in [-0.15, -0.1) is 0 Å². The van der Waals surface area contributed by atoms with Crippen molar-refractivity contribution in [1.82, 2.24) is 15.3 Å². The lowest BCUT2D eigenvalue weighted by atomic mass is 9.97. The molecule has 0 spiro atoms. The lowest BCUT2D eigenvalue weighted by Crippen LogP contribution is -2.40. The molecule has 1 saturated heterocycles. The highest BCUT2D eigenvalue weighted by Crippen LogP contribution is 2.21. The van der Waals surface area contributed by atoms with E-state index in [1.807, 2.05) is 42.5 Å². The maximum absolute atomic E-state index is 12.1. The van der Waals surface area contributed by atoms with Gasteiger partial charge in [0.05, 0.1) is 0 Å². The average Bonchev–Trinajstić information content (AvgIpc) is 2.77. The number of amides is 1. The van der Waals surface area contributed by atoms with Gasteiger partial charge in [-0.2, -0.15) is 0 Å². The number of carbonyl (C=O) groups excluding carboxylic acids is 1. The van der Waals surface area contributed by atoms with E-state index in [1.165, 1.54) is 0 Å². The molecular weight excluding hydrogens is 352 g/mol. The molecule has 0 unspecified atom stereocenters. The Kier molecular flexibility index (Phi) is 5.66. The fourth-order valence-corrected chi connectivity index (χ4v) is 3.51. The first kappa shape index (κ1) is 18.2. The Balaban J connectivity index is 1.19. The smallest absolute Gasteiger partial charge is 0.257 e. The van der Waals surface area contributed by atoms with Crippen molar-refractivity contribution < 1.29 is 9.53 Å². The van der Waals surface area contributed by atoms with Crippen molar-refractivity contribution in [2.75, 3.05) is 31.1 Å². The van der Waals surface area contributed by atoms with E-state index in [4.69, 9.17) is 4.74 Å². The fourth-order valence-electron chi connectivity index (χ4n) is 3.51. The number of nitrogens with zero attached hydrogens (tertiary/aromatic N) is 3. The van der Waals surface area contributed by atoms with E-state index in [0.717, 1.165) is 42.7 Å². The minimum absolute atomic E-state index is 0.0367. The Morgan fingerprint density at radius 1 is 1.04 bits per heavy atom. The summed E-state index contributed by atoms with van der Waals surface area (Å²) in [6.07, 6.45) is 5.57. The van der Waals surface area contributed by atoms with E-state index in [-0.39, 0.29) is 12.5 Å². The number of benzene rings is 2. The highest BCUT2D eigenvalue weighted by Gasteiger charge is 2.21. The third-order valence-electron chi connectivity index (χ3n) is 5.13. The van der Waals surface area contributed by atoms with E-state index in [1.54, 1.807) is 12.4 Å². The highest BCUT2D eigenvalue weighted by molar-refractivity contribution is 5.84. The first-order valence-electron chi connectivity index (χ1n) is 9.68. The van der Waals surface area contributed by atoms with Crippen LogP contribution in [0.25, 0.3) is 10.8 Å². The van der Waals surface area contributed by atoms with Gasteiger partial charge in [0.15, 0.2) is 6.61 Å². The summed E-state index contributed by atoms with van der Waals surface area (Å²) in [7, 11) is 0. The second-order valence-corrected chi connectivity index (χ2v) is 7.08. The number of carbonyl (C=O) groups is 1. The second-order valence-electron chi connectivity index (χ2n) is 7.08. The van der Waals surface area contributed by atoms with Gasteiger partial charge in [0.1, 0.15) is 5.75 Å². The van der Waals surface area contributed by atoms with Crippen molar-refractivity contribution in [2.45, 2.75) is 12.8 Å². The summed E-state index contributed by atoms with van der Waals surface area (Å²) in [5.74, 6) is 1.89. The molecule has 6 nitrogen and oxygen atoms in total. The molecule has 2 heterocycles. The van der Waals surface area contributed by atoms with Crippen LogP contribution in [0.2, 0.25) is 0 Å². The Morgan fingerprint density at radius 3 is 2.57 bits per heavy atom. The van der Waals surface area contributed by atoms with Gasteiger partial charge in [0.2, 0.25) is 5.95 Å². The summed E-state index contributed by atoms with van der Waals surface area (Å²) in [5, 5.41) is 5.27. The molecule has 144 valence electrons. The second kappa shape index (κ2) is 8.69.